The lowest BCUT2D eigenvalue weighted by Gasteiger charge is -2.33. The number of quaternary nitrogens is 1. The number of nitrogens with zero attached hydrogens (tertiary/aromatic N) is 1. The molecule has 3 heteroatoms. The molecule has 24 heavy (non-hydrogen) atoms. The Kier molecular flexibility index (Phi) is 25.1. The van der Waals surface area contributed by atoms with Gasteiger partial charge in [0.1, 0.15) is 0 Å². The molecule has 2 nitrogen and oxygen atoms in total. The first-order valence-electron chi connectivity index (χ1n) is 10.1. The van der Waals surface area contributed by atoms with Crippen LogP contribution in [0.1, 0.15) is 97.3 Å². The predicted octanol–water partition coefficient (Wildman–Crippen LogP) is 2.91. The smallest absolute Gasteiger partial charge is 0.0969 e. The van der Waals surface area contributed by atoms with Crippen LogP contribution < -0.4 is 12.4 Å². The third-order valence-corrected chi connectivity index (χ3v) is 4.88. The van der Waals surface area contributed by atoms with Gasteiger partial charge in [-0.2, -0.15) is 0 Å². The van der Waals surface area contributed by atoms with Gasteiger partial charge in [-0.1, -0.05) is 84.6 Å². The van der Waals surface area contributed by atoms with Gasteiger partial charge in [0, 0.05) is 0 Å². The lowest BCUT2D eigenvalue weighted by atomic mass is 10.1. The largest absolute Gasteiger partial charge is 1.00 e. The average molecular weight is 364 g/mol. The summed E-state index contributed by atoms with van der Waals surface area (Å²) >= 11 is 0. The normalized spacial score (nSPS) is 12.8. The van der Waals surface area contributed by atoms with Gasteiger partial charge in [-0.3, -0.25) is 0 Å². The van der Waals surface area contributed by atoms with Crippen LogP contribution in [0.3, 0.4) is 0 Å². The third kappa shape index (κ3) is 18.3. The molecule has 0 heterocycles. The molecular weight excluding hydrogens is 318 g/mol. The molecule has 0 aliphatic carbocycles. The summed E-state index contributed by atoms with van der Waals surface area (Å²) in [4.78, 5) is 0. The van der Waals surface area contributed by atoms with Crippen molar-refractivity contribution in [1.82, 2.24) is 0 Å². The van der Waals surface area contributed by atoms with E-state index in [0.29, 0.717) is 0 Å². The highest BCUT2D eigenvalue weighted by atomic mass is 35.5. The molecule has 0 aliphatic heterocycles. The van der Waals surface area contributed by atoms with Gasteiger partial charge in [-0.25, -0.2) is 0 Å². The van der Waals surface area contributed by atoms with Crippen molar-refractivity contribution in [2.45, 2.75) is 97.3 Å². The molecule has 0 aromatic carbocycles. The second-order valence-electron chi connectivity index (χ2n) is 7.43. The molecule has 0 bridgehead atoms. The summed E-state index contributed by atoms with van der Waals surface area (Å²) in [6.45, 7) is 12.3. The van der Waals surface area contributed by atoms with Crippen molar-refractivity contribution in [3.05, 3.63) is 12.7 Å². The van der Waals surface area contributed by atoms with Crippen LogP contribution in [0.5, 0.6) is 0 Å². The first-order chi connectivity index (χ1) is 10.7. The summed E-state index contributed by atoms with van der Waals surface area (Å²) in [6, 6.07) is 0. The van der Waals surface area contributed by atoms with Crippen LogP contribution in [-0.4, -0.2) is 36.6 Å². The Morgan fingerprint density at radius 2 is 1.08 bits per heavy atom. The van der Waals surface area contributed by atoms with E-state index in [4.69, 9.17) is 0 Å². The van der Waals surface area contributed by atoms with Crippen LogP contribution >= 0.6 is 0 Å². The van der Waals surface area contributed by atoms with Crippen molar-refractivity contribution in [1.29, 1.82) is 0 Å². The molecule has 0 spiro atoms. The summed E-state index contributed by atoms with van der Waals surface area (Å²) < 4.78 is 1.19. The summed E-state index contributed by atoms with van der Waals surface area (Å²) in [5.74, 6) is 0. The lowest BCUT2D eigenvalue weighted by Crippen LogP contribution is -3.00. The summed E-state index contributed by atoms with van der Waals surface area (Å²) in [5.41, 5.74) is 0. The number of unbranched alkanes of at least 4 members (excludes halogenated alkanes) is 11. The molecule has 1 atom stereocenters. The number of likely N-dealkylation sites (N-methyl/N-ethyl adjacent to an activating group) is 1. The van der Waals surface area contributed by atoms with E-state index in [1.165, 1.54) is 101 Å². The van der Waals surface area contributed by atoms with Crippen LogP contribution in [0.25, 0.3) is 0 Å². The van der Waals surface area contributed by atoms with E-state index in [-0.39, 0.29) is 17.9 Å². The van der Waals surface area contributed by atoms with Gasteiger partial charge in [-0.05, 0) is 25.3 Å². The fraction of sp³-hybridized carbons (Fsp3) is 0.905. The zero-order valence-electron chi connectivity index (χ0n) is 16.9. The lowest BCUT2D eigenvalue weighted by molar-refractivity contribution is -0.904. The van der Waals surface area contributed by atoms with Crippen molar-refractivity contribution in [2.24, 2.45) is 0 Å². The number of hydrogen-bond donors (Lipinski definition) is 0. The number of rotatable bonds is 17. The van der Waals surface area contributed by atoms with E-state index in [0.717, 1.165) is 6.54 Å². The fourth-order valence-electron chi connectivity index (χ4n) is 3.48. The highest BCUT2D eigenvalue weighted by Gasteiger charge is 2.17. The first-order valence-corrected chi connectivity index (χ1v) is 10.1. The predicted molar refractivity (Wildman–Crippen MR) is 106 cm³/mol. The van der Waals surface area contributed by atoms with Crippen LogP contribution in [0.2, 0.25) is 0 Å². The van der Waals surface area contributed by atoms with Crippen LogP contribution in [-0.2, 0) is 0 Å². The Hall–Kier alpha value is -0.0500. The monoisotopic (exact) mass is 363 g/mol. The quantitative estimate of drug-likeness (QED) is 0.216. The van der Waals surface area contributed by atoms with Gasteiger partial charge in [0.05, 0.1) is 26.7 Å². The molecule has 0 saturated heterocycles. The van der Waals surface area contributed by atoms with Crippen molar-refractivity contribution in [2.75, 3.05) is 26.7 Å². The van der Waals surface area contributed by atoms with E-state index < -0.39 is 0 Å². The Labute approximate surface area is 159 Å². The van der Waals surface area contributed by atoms with Gasteiger partial charge in [0.2, 0.25) is 0 Å². The van der Waals surface area contributed by atoms with Crippen LogP contribution in [0.15, 0.2) is 12.7 Å². The maximum Gasteiger partial charge on any atom is 0.0969 e. The van der Waals surface area contributed by atoms with Crippen molar-refractivity contribution < 1.29 is 22.4 Å². The Morgan fingerprint density at radius 3 is 1.46 bits per heavy atom. The second-order valence-corrected chi connectivity index (χ2v) is 7.43. The topological polar surface area (TPSA) is 31.5 Å². The van der Waals surface area contributed by atoms with Crippen LogP contribution in [0, 0.1) is 0 Å². The highest BCUT2D eigenvalue weighted by Crippen LogP contribution is 2.13. The van der Waals surface area contributed by atoms with E-state index in [2.05, 4.69) is 33.6 Å². The number of halogens is 1. The SMILES string of the molecule is C=CC[N+](C)(CCC)CCCCCCCCCCCCCC.O.[Cl-]. The van der Waals surface area contributed by atoms with Gasteiger partial charge in [0.25, 0.3) is 0 Å². The minimum atomic E-state index is 0. The third-order valence-electron chi connectivity index (χ3n) is 4.88. The molecule has 0 amide bonds. The molecule has 0 aliphatic rings. The van der Waals surface area contributed by atoms with Gasteiger partial charge in [-0.15, -0.1) is 0 Å². The molecule has 1 unspecified atom stereocenters. The van der Waals surface area contributed by atoms with E-state index in [1.54, 1.807) is 0 Å². The molecule has 0 aromatic rings. The fourth-order valence-corrected chi connectivity index (χ4v) is 3.48. The van der Waals surface area contributed by atoms with E-state index >= 15 is 0 Å². The molecule has 0 saturated carbocycles. The molecule has 0 radical (unpaired) electrons. The molecular formula is C21H46ClNO. The average Bonchev–Trinajstić information content (AvgIpc) is 2.49. The standard InChI is InChI=1S/C21H44N.ClH.H2O/c1-5-8-9-10-11-12-13-14-15-16-17-18-21-22(4,19-6-2)20-7-3;;/h6H,2,5,7-21H2,1,3-4H3;1H;1H2/q+1;;/p-1. The van der Waals surface area contributed by atoms with Crippen LogP contribution in [0.4, 0.5) is 0 Å². The Morgan fingerprint density at radius 1 is 0.667 bits per heavy atom. The van der Waals surface area contributed by atoms with Crippen molar-refractivity contribution >= 4 is 0 Å². The summed E-state index contributed by atoms with van der Waals surface area (Å²) in [7, 11) is 2.39. The molecule has 2 N–H and O–H groups in total. The van der Waals surface area contributed by atoms with Crippen molar-refractivity contribution in [3.8, 4) is 0 Å². The summed E-state index contributed by atoms with van der Waals surface area (Å²) in [5, 5.41) is 0. The molecule has 0 aromatic heterocycles. The zero-order chi connectivity index (χ0) is 16.5. The number of hydrogen-bond acceptors (Lipinski definition) is 0. The molecule has 0 rings (SSSR count). The van der Waals surface area contributed by atoms with Gasteiger partial charge in [0.15, 0.2) is 0 Å². The second kappa shape index (κ2) is 21.0. The Balaban J connectivity index is -0.00000220. The Bertz CT molecular complexity index is 248. The highest BCUT2D eigenvalue weighted by molar-refractivity contribution is 4.65. The van der Waals surface area contributed by atoms with E-state index in [9.17, 15) is 0 Å². The molecule has 0 fully saturated rings. The minimum absolute atomic E-state index is 0. The van der Waals surface area contributed by atoms with Gasteiger partial charge >= 0.3 is 0 Å². The zero-order valence-corrected chi connectivity index (χ0v) is 17.7. The minimum Gasteiger partial charge on any atom is -1.00 e. The maximum atomic E-state index is 3.92. The maximum absolute atomic E-state index is 3.92. The van der Waals surface area contributed by atoms with Gasteiger partial charge < -0.3 is 22.4 Å². The van der Waals surface area contributed by atoms with E-state index in [1.807, 2.05) is 0 Å². The van der Waals surface area contributed by atoms with Crippen molar-refractivity contribution in [3.63, 3.8) is 0 Å². The molecule has 148 valence electrons. The summed E-state index contributed by atoms with van der Waals surface area (Å²) in [6.07, 6.45) is 20.6. The first kappa shape index (κ1) is 28.7.